The highest BCUT2D eigenvalue weighted by atomic mass is 16.6. The summed E-state index contributed by atoms with van der Waals surface area (Å²) in [4.78, 5) is 34.6. The van der Waals surface area contributed by atoms with Crippen LogP contribution in [0.3, 0.4) is 0 Å². The molecule has 1 aromatic heterocycles. The molecule has 26 heavy (non-hydrogen) atoms. The van der Waals surface area contributed by atoms with E-state index in [9.17, 15) is 19.7 Å². The number of anilines is 1. The van der Waals surface area contributed by atoms with Crippen LogP contribution in [0.4, 0.5) is 11.4 Å². The average molecular weight is 358 g/mol. The average Bonchev–Trinajstić information content (AvgIpc) is 3.29. The van der Waals surface area contributed by atoms with E-state index < -0.39 is 16.7 Å². The van der Waals surface area contributed by atoms with Crippen molar-refractivity contribution in [3.63, 3.8) is 0 Å². The Morgan fingerprint density at radius 3 is 2.69 bits per heavy atom. The van der Waals surface area contributed by atoms with E-state index in [1.54, 1.807) is 12.1 Å². The van der Waals surface area contributed by atoms with Gasteiger partial charge in [0, 0.05) is 17.7 Å². The summed E-state index contributed by atoms with van der Waals surface area (Å²) in [6.45, 7) is -0.0237. The maximum Gasteiger partial charge on any atom is 0.293 e. The SMILES string of the molecule is O=C(CNC(=O)c1ccc(NC2CC2)c([N+](=O)[O-])c1)NCc1ccco1. The minimum absolute atomic E-state index is 0.122. The van der Waals surface area contributed by atoms with Crippen molar-refractivity contribution < 1.29 is 18.9 Å². The van der Waals surface area contributed by atoms with E-state index >= 15 is 0 Å². The Morgan fingerprint density at radius 2 is 2.04 bits per heavy atom. The van der Waals surface area contributed by atoms with Gasteiger partial charge in [0.15, 0.2) is 0 Å². The second-order valence-electron chi connectivity index (χ2n) is 5.95. The highest BCUT2D eigenvalue weighted by Crippen LogP contribution is 2.31. The maximum absolute atomic E-state index is 12.2. The molecule has 0 radical (unpaired) electrons. The van der Waals surface area contributed by atoms with Crippen LogP contribution in [0.5, 0.6) is 0 Å². The van der Waals surface area contributed by atoms with Crippen LogP contribution < -0.4 is 16.0 Å². The first-order valence-corrected chi connectivity index (χ1v) is 8.15. The second-order valence-corrected chi connectivity index (χ2v) is 5.95. The number of hydrogen-bond acceptors (Lipinski definition) is 6. The number of nitro benzene ring substituents is 1. The van der Waals surface area contributed by atoms with E-state index in [1.165, 1.54) is 24.5 Å². The predicted molar refractivity (Wildman–Crippen MR) is 92.6 cm³/mol. The second kappa shape index (κ2) is 7.68. The zero-order chi connectivity index (χ0) is 18.5. The fraction of sp³-hybridized carbons (Fsp3) is 0.294. The predicted octanol–water partition coefficient (Wildman–Crippen LogP) is 1.81. The van der Waals surface area contributed by atoms with Gasteiger partial charge < -0.3 is 20.4 Å². The summed E-state index contributed by atoms with van der Waals surface area (Å²) in [7, 11) is 0. The quantitative estimate of drug-likeness (QED) is 0.488. The van der Waals surface area contributed by atoms with E-state index in [1.807, 2.05) is 0 Å². The lowest BCUT2D eigenvalue weighted by Crippen LogP contribution is -2.36. The van der Waals surface area contributed by atoms with Gasteiger partial charge in [-0.3, -0.25) is 19.7 Å². The number of nitrogens with one attached hydrogen (secondary N) is 3. The van der Waals surface area contributed by atoms with Crippen LogP contribution in [-0.4, -0.2) is 29.3 Å². The first-order valence-electron chi connectivity index (χ1n) is 8.15. The van der Waals surface area contributed by atoms with Crippen LogP contribution in [0, 0.1) is 10.1 Å². The molecule has 0 spiro atoms. The van der Waals surface area contributed by atoms with Gasteiger partial charge in [-0.05, 0) is 37.1 Å². The minimum Gasteiger partial charge on any atom is -0.467 e. The summed E-state index contributed by atoms with van der Waals surface area (Å²) in [6.07, 6.45) is 3.46. The molecular formula is C17H18N4O5. The molecule has 136 valence electrons. The van der Waals surface area contributed by atoms with Crippen molar-refractivity contribution >= 4 is 23.2 Å². The third-order valence-electron chi connectivity index (χ3n) is 3.84. The maximum atomic E-state index is 12.2. The first-order chi connectivity index (χ1) is 12.5. The summed E-state index contributed by atoms with van der Waals surface area (Å²) < 4.78 is 5.09. The largest absolute Gasteiger partial charge is 0.467 e. The number of nitro groups is 1. The number of benzene rings is 1. The topological polar surface area (TPSA) is 127 Å². The van der Waals surface area contributed by atoms with Gasteiger partial charge in [-0.2, -0.15) is 0 Å². The smallest absolute Gasteiger partial charge is 0.293 e. The summed E-state index contributed by atoms with van der Waals surface area (Å²) in [5.41, 5.74) is 0.356. The molecule has 0 saturated heterocycles. The Kier molecular flexibility index (Phi) is 5.16. The molecule has 3 rings (SSSR count). The monoisotopic (exact) mass is 358 g/mol. The van der Waals surface area contributed by atoms with Gasteiger partial charge in [0.2, 0.25) is 5.91 Å². The number of hydrogen-bond donors (Lipinski definition) is 3. The zero-order valence-electron chi connectivity index (χ0n) is 13.9. The van der Waals surface area contributed by atoms with Gasteiger partial charge in [-0.1, -0.05) is 0 Å². The Bertz CT molecular complexity index is 815. The van der Waals surface area contributed by atoms with Gasteiger partial charge in [0.05, 0.1) is 24.3 Å². The Labute approximate surface area is 148 Å². The van der Waals surface area contributed by atoms with Gasteiger partial charge >= 0.3 is 0 Å². The van der Waals surface area contributed by atoms with Crippen LogP contribution >= 0.6 is 0 Å². The van der Waals surface area contributed by atoms with Crippen molar-refractivity contribution in [1.82, 2.24) is 10.6 Å². The van der Waals surface area contributed by atoms with E-state index in [-0.39, 0.29) is 30.4 Å². The number of amides is 2. The van der Waals surface area contributed by atoms with Crippen LogP contribution in [0.15, 0.2) is 41.0 Å². The number of furan rings is 1. The molecule has 9 nitrogen and oxygen atoms in total. The number of carbonyl (C=O) groups excluding carboxylic acids is 2. The van der Waals surface area contributed by atoms with Crippen molar-refractivity contribution in [2.45, 2.75) is 25.4 Å². The van der Waals surface area contributed by atoms with E-state index in [2.05, 4.69) is 16.0 Å². The van der Waals surface area contributed by atoms with Gasteiger partial charge in [0.1, 0.15) is 11.4 Å². The van der Waals surface area contributed by atoms with Gasteiger partial charge in [0.25, 0.3) is 11.6 Å². The molecule has 3 N–H and O–H groups in total. The molecule has 1 saturated carbocycles. The Hall–Kier alpha value is -3.36. The molecule has 1 aromatic carbocycles. The highest BCUT2D eigenvalue weighted by molar-refractivity contribution is 5.97. The zero-order valence-corrected chi connectivity index (χ0v) is 13.9. The minimum atomic E-state index is -0.556. The Morgan fingerprint density at radius 1 is 1.23 bits per heavy atom. The lowest BCUT2D eigenvalue weighted by molar-refractivity contribution is -0.384. The number of rotatable bonds is 8. The summed E-state index contributed by atoms with van der Waals surface area (Å²) >= 11 is 0. The number of nitrogens with zero attached hydrogens (tertiary/aromatic N) is 1. The molecule has 2 amide bonds. The molecular weight excluding hydrogens is 340 g/mol. The lowest BCUT2D eigenvalue weighted by atomic mass is 10.1. The van der Waals surface area contributed by atoms with Crippen LogP contribution in [-0.2, 0) is 11.3 Å². The fourth-order valence-electron chi connectivity index (χ4n) is 2.32. The highest BCUT2D eigenvalue weighted by Gasteiger charge is 2.25. The van der Waals surface area contributed by atoms with Crippen molar-refractivity contribution in [2.24, 2.45) is 0 Å². The summed E-state index contributed by atoms with van der Waals surface area (Å²) in [6, 6.07) is 7.90. The summed E-state index contributed by atoms with van der Waals surface area (Å²) in [5.74, 6) is -0.352. The van der Waals surface area contributed by atoms with E-state index in [0.717, 1.165) is 12.8 Å². The van der Waals surface area contributed by atoms with Gasteiger partial charge in [-0.15, -0.1) is 0 Å². The molecule has 1 aliphatic rings. The normalized spacial score (nSPS) is 13.1. The molecule has 1 fully saturated rings. The van der Waals surface area contributed by atoms with Crippen LogP contribution in [0.2, 0.25) is 0 Å². The third kappa shape index (κ3) is 4.59. The lowest BCUT2D eigenvalue weighted by Gasteiger charge is -2.09. The number of carbonyl (C=O) groups is 2. The van der Waals surface area contributed by atoms with Crippen molar-refractivity contribution in [1.29, 1.82) is 0 Å². The molecule has 0 aliphatic heterocycles. The van der Waals surface area contributed by atoms with Crippen LogP contribution in [0.25, 0.3) is 0 Å². The molecule has 1 heterocycles. The standard InChI is InChI=1S/C17H18N4O5/c22-16(18-9-13-2-1-7-26-13)10-19-17(23)11-3-6-14(20-12-4-5-12)15(8-11)21(24)25/h1-3,6-8,12,20H,4-5,9-10H2,(H,18,22)(H,19,23). The molecule has 0 unspecified atom stereocenters. The molecule has 0 atom stereocenters. The van der Waals surface area contributed by atoms with Crippen molar-refractivity contribution in [2.75, 3.05) is 11.9 Å². The Balaban J connectivity index is 1.55. The molecule has 0 bridgehead atoms. The van der Waals surface area contributed by atoms with E-state index in [4.69, 9.17) is 4.42 Å². The van der Waals surface area contributed by atoms with Crippen molar-refractivity contribution in [3.05, 3.63) is 58.0 Å². The molecule has 9 heteroatoms. The third-order valence-corrected chi connectivity index (χ3v) is 3.84. The summed E-state index contributed by atoms with van der Waals surface area (Å²) in [5, 5.41) is 19.3. The van der Waals surface area contributed by atoms with Crippen LogP contribution in [0.1, 0.15) is 29.0 Å². The first kappa shape index (κ1) is 17.5. The molecule has 2 aromatic rings. The van der Waals surface area contributed by atoms with Gasteiger partial charge in [-0.25, -0.2) is 0 Å². The van der Waals surface area contributed by atoms with E-state index in [0.29, 0.717) is 11.4 Å². The van der Waals surface area contributed by atoms with Crippen molar-refractivity contribution in [3.8, 4) is 0 Å². The fourth-order valence-corrected chi connectivity index (χ4v) is 2.32. The molecule has 1 aliphatic carbocycles.